The lowest BCUT2D eigenvalue weighted by atomic mass is 13.5. The van der Waals surface area contributed by atoms with Crippen molar-refractivity contribution in [3.8, 4) is 0 Å². The van der Waals surface area contributed by atoms with Gasteiger partial charge in [-0.3, -0.25) is 4.55 Å². The minimum Gasteiger partial charge on any atom is -0.271 e. The second-order valence-corrected chi connectivity index (χ2v) is 2.96. The summed E-state index contributed by atoms with van der Waals surface area (Å²) >= 11 is -0.449. The van der Waals surface area contributed by atoms with Gasteiger partial charge in [0.25, 0.3) is 0 Å². The molecule has 0 bridgehead atoms. The Morgan fingerprint density at radius 2 is 2.00 bits per heavy atom. The van der Waals surface area contributed by atoms with E-state index >= 15 is 0 Å². The first-order valence-corrected chi connectivity index (χ1v) is 3.67. The zero-order chi connectivity index (χ0) is 8.20. The van der Waals surface area contributed by atoms with Gasteiger partial charge in [-0.25, -0.2) is 5.26 Å². The van der Waals surface area contributed by atoms with Crippen LogP contribution < -0.4 is 0 Å². The fraction of sp³-hybridized carbons (Fsp3) is 0. The number of nitrogens with zero attached hydrogens (tertiary/aromatic N) is 1. The summed E-state index contributed by atoms with van der Waals surface area (Å²) in [6, 6.07) is 0. The third-order valence-corrected chi connectivity index (χ3v) is 1.68. The van der Waals surface area contributed by atoms with E-state index in [4.69, 9.17) is 9.81 Å². The second kappa shape index (κ2) is 4.05. The van der Waals surface area contributed by atoms with E-state index in [1.165, 1.54) is 0 Å². The molecule has 0 aromatic rings. The molecule has 1 radical (unpaired) electrons. The number of hydrogen-bond donors (Lipinski definition) is 2. The van der Waals surface area contributed by atoms with Gasteiger partial charge in [0.05, 0.1) is 3.87 Å². The molecule has 8 nitrogen and oxygen atoms in total. The van der Waals surface area contributed by atoms with Crippen LogP contribution in [0.1, 0.15) is 0 Å². The van der Waals surface area contributed by atoms with E-state index in [9.17, 15) is 13.6 Å². The second-order valence-electron chi connectivity index (χ2n) is 0.889. The lowest BCUT2D eigenvalue weighted by molar-refractivity contribution is -0.434. The molecule has 0 aliphatic rings. The van der Waals surface area contributed by atoms with Gasteiger partial charge in [0.15, 0.2) is 12.2 Å². The topological polar surface area (TPSA) is 116 Å². The lowest BCUT2D eigenvalue weighted by Crippen LogP contribution is -2.18. The molecule has 10 heteroatoms. The first kappa shape index (κ1) is 10.1. The van der Waals surface area contributed by atoms with Gasteiger partial charge < -0.3 is 0 Å². The van der Waals surface area contributed by atoms with Crippen molar-refractivity contribution >= 4 is 22.5 Å². The van der Waals surface area contributed by atoms with Crippen LogP contribution in [0, 0.1) is 0 Å². The van der Waals surface area contributed by atoms with Gasteiger partial charge in [-0.2, -0.15) is 8.42 Å². The van der Waals surface area contributed by atoms with Gasteiger partial charge in [0.1, 0.15) is 0 Å². The van der Waals surface area contributed by atoms with Crippen LogP contribution in [0.5, 0.6) is 0 Å². The first-order valence-electron chi connectivity index (χ1n) is 1.58. The predicted octanol–water partition coefficient (Wildman–Crippen LogP) is -0.579. The molecule has 0 spiro atoms. The van der Waals surface area contributed by atoms with Crippen LogP contribution in [0.3, 0.4) is 0 Å². The smallest absolute Gasteiger partial charge is 0.271 e. The molecule has 0 saturated carbocycles. The highest BCUT2D eigenvalue weighted by molar-refractivity contribution is 8.03. The molecule has 10 heavy (non-hydrogen) atoms. The maximum Gasteiger partial charge on any atom is 0.373 e. The van der Waals surface area contributed by atoms with E-state index in [2.05, 4.69) is 9.37 Å². The van der Waals surface area contributed by atoms with E-state index in [0.29, 0.717) is 0 Å². The van der Waals surface area contributed by atoms with Crippen molar-refractivity contribution in [3.63, 3.8) is 0 Å². The molecule has 0 heterocycles. The molecular formula is H2NO7S2. The van der Waals surface area contributed by atoms with Crippen LogP contribution in [-0.4, -0.2) is 22.1 Å². The standard InChI is InChI=1S/H2NO7S2/c2-1(9-8-7-3)10(4,5)6/h3H,(H,4,5,6). The molecule has 0 amide bonds. The van der Waals surface area contributed by atoms with Crippen molar-refractivity contribution in [3.05, 3.63) is 0 Å². The Morgan fingerprint density at radius 1 is 1.50 bits per heavy atom. The summed E-state index contributed by atoms with van der Waals surface area (Å²) in [6.45, 7) is 0. The van der Waals surface area contributed by atoms with Crippen molar-refractivity contribution in [1.82, 2.24) is 3.87 Å². The van der Waals surface area contributed by atoms with Crippen LogP contribution in [0.4, 0.5) is 0 Å². The molecule has 0 fully saturated rings. The maximum atomic E-state index is 9.95. The Morgan fingerprint density at radius 3 is 2.30 bits per heavy atom. The molecular weight excluding hydrogens is 190 g/mol. The van der Waals surface area contributed by atoms with Crippen molar-refractivity contribution in [2.24, 2.45) is 0 Å². The van der Waals surface area contributed by atoms with Gasteiger partial charge in [0, 0.05) is 0 Å². The molecule has 0 aliphatic heterocycles. The Balaban J connectivity index is 3.75. The summed E-state index contributed by atoms with van der Waals surface area (Å²) in [6.07, 6.45) is 0. The van der Waals surface area contributed by atoms with Crippen molar-refractivity contribution in [2.75, 3.05) is 0 Å². The van der Waals surface area contributed by atoms with Gasteiger partial charge in [-0.05, 0) is 0 Å². The van der Waals surface area contributed by atoms with E-state index in [-0.39, 0.29) is 0 Å². The Hall–Kier alpha value is 0.0600. The molecule has 0 unspecified atom stereocenters. The summed E-state index contributed by atoms with van der Waals surface area (Å²) in [5.41, 5.74) is 0. The van der Waals surface area contributed by atoms with Crippen molar-refractivity contribution in [2.45, 2.75) is 0 Å². The Bertz CT molecular complexity index is 170. The first-order chi connectivity index (χ1) is 4.48. The highest BCUT2D eigenvalue weighted by Crippen LogP contribution is 2.11. The van der Waals surface area contributed by atoms with E-state index in [0.717, 1.165) is 0 Å². The summed E-state index contributed by atoms with van der Waals surface area (Å²) < 4.78 is 29.9. The van der Waals surface area contributed by atoms with E-state index in [1.54, 1.807) is 0 Å². The molecule has 0 atom stereocenters. The van der Waals surface area contributed by atoms with Crippen LogP contribution >= 0.6 is 12.2 Å². The molecule has 2 N–H and O–H groups in total. The van der Waals surface area contributed by atoms with Crippen molar-refractivity contribution in [1.29, 1.82) is 0 Å². The fourth-order valence-electron chi connectivity index (χ4n) is 0.0769. The van der Waals surface area contributed by atoms with Crippen LogP contribution in [-0.2, 0) is 24.9 Å². The average molecular weight is 192 g/mol. The average Bonchev–Trinajstić information content (AvgIpc) is 1.80. The molecule has 0 rings (SSSR count). The van der Waals surface area contributed by atoms with Crippen LogP contribution in [0.2, 0.25) is 0 Å². The summed E-state index contributed by atoms with van der Waals surface area (Å²) in [5.74, 6) is 0. The monoisotopic (exact) mass is 192 g/mol. The Kier molecular flexibility index (Phi) is 4.07. The molecule has 0 saturated heterocycles. The summed E-state index contributed by atoms with van der Waals surface area (Å²) in [7, 11) is -4.85. The van der Waals surface area contributed by atoms with E-state index < -0.39 is 26.4 Å². The largest absolute Gasteiger partial charge is 0.373 e. The van der Waals surface area contributed by atoms with E-state index in [1.807, 2.05) is 0 Å². The zero-order valence-electron chi connectivity index (χ0n) is 4.20. The highest BCUT2D eigenvalue weighted by atomic mass is 32.3. The van der Waals surface area contributed by atoms with Gasteiger partial charge in [-0.15, -0.1) is 4.33 Å². The third-order valence-electron chi connectivity index (χ3n) is 0.310. The molecule has 0 aromatic carbocycles. The molecule has 0 aliphatic carbocycles. The summed E-state index contributed by atoms with van der Waals surface area (Å²) in [4.78, 5) is 0. The maximum absolute atomic E-state index is 9.95. The number of rotatable bonds is 4. The van der Waals surface area contributed by atoms with Crippen LogP contribution in [0.25, 0.3) is 0 Å². The van der Waals surface area contributed by atoms with Gasteiger partial charge in [0.2, 0.25) is 0 Å². The van der Waals surface area contributed by atoms with Gasteiger partial charge in [-0.1, -0.05) is 10.2 Å². The normalized spacial score (nSPS) is 12.4. The minimum atomic E-state index is -4.85. The SMILES string of the molecule is [O]N(SOOO)S(=O)(=O)O. The minimum absolute atomic E-state index is 0.449. The molecule has 61 valence electrons. The number of hydrogen-bond acceptors (Lipinski definition) is 6. The van der Waals surface area contributed by atoms with Crippen molar-refractivity contribution < 1.29 is 32.8 Å². The highest BCUT2D eigenvalue weighted by Gasteiger charge is 2.20. The predicted molar refractivity (Wildman–Crippen MR) is 26.5 cm³/mol. The Labute approximate surface area is 60.0 Å². The van der Waals surface area contributed by atoms with Crippen LogP contribution in [0.15, 0.2) is 0 Å². The van der Waals surface area contributed by atoms with Gasteiger partial charge >= 0.3 is 10.3 Å². The molecule has 0 aromatic heterocycles. The lowest BCUT2D eigenvalue weighted by Gasteiger charge is -2.00. The summed E-state index contributed by atoms with van der Waals surface area (Å²) in [5, 5.41) is 20.2. The third kappa shape index (κ3) is 3.97. The fourth-order valence-corrected chi connectivity index (χ4v) is 0.536. The quantitative estimate of drug-likeness (QED) is 0.201. The zero-order valence-corrected chi connectivity index (χ0v) is 5.83.